The highest BCUT2D eigenvalue weighted by Crippen LogP contribution is 2.29. The number of aliphatic hydroxyl groups is 1. The van der Waals surface area contributed by atoms with E-state index < -0.39 is 0 Å². The van der Waals surface area contributed by atoms with Crippen molar-refractivity contribution in [3.05, 3.63) is 28.2 Å². The molecule has 2 nitrogen and oxygen atoms in total. The van der Waals surface area contributed by atoms with Gasteiger partial charge in [0, 0.05) is 28.8 Å². The van der Waals surface area contributed by atoms with Crippen LogP contribution in [0.1, 0.15) is 44.1 Å². The lowest BCUT2D eigenvalue weighted by Gasteiger charge is -2.31. The van der Waals surface area contributed by atoms with E-state index in [1.807, 2.05) is 6.07 Å². The molecule has 1 N–H and O–H groups in total. The molecule has 0 spiro atoms. The summed E-state index contributed by atoms with van der Waals surface area (Å²) in [7, 11) is 2.17. The molecule has 0 unspecified atom stereocenters. The summed E-state index contributed by atoms with van der Waals surface area (Å²) < 4.78 is 1.03. The number of nitrogens with zero attached hydrogens (tertiary/aromatic N) is 1. The summed E-state index contributed by atoms with van der Waals surface area (Å²) >= 11 is 3.47. The zero-order valence-electron chi connectivity index (χ0n) is 11.0. The van der Waals surface area contributed by atoms with Crippen LogP contribution < -0.4 is 4.90 Å². The molecule has 1 fully saturated rings. The largest absolute Gasteiger partial charge is 0.392 e. The molecule has 0 atom stereocenters. The van der Waals surface area contributed by atoms with Gasteiger partial charge >= 0.3 is 0 Å². The van der Waals surface area contributed by atoms with Gasteiger partial charge in [0.2, 0.25) is 0 Å². The lowest BCUT2D eigenvalue weighted by Crippen LogP contribution is -2.31. The van der Waals surface area contributed by atoms with Gasteiger partial charge in [-0.2, -0.15) is 0 Å². The fourth-order valence-corrected chi connectivity index (χ4v) is 3.28. The van der Waals surface area contributed by atoms with Gasteiger partial charge < -0.3 is 10.0 Å². The molecule has 1 aliphatic carbocycles. The Balaban J connectivity index is 2.18. The summed E-state index contributed by atoms with van der Waals surface area (Å²) in [6, 6.07) is 6.81. The zero-order chi connectivity index (χ0) is 13.0. The average Bonchev–Trinajstić information content (AvgIpc) is 2.66. The van der Waals surface area contributed by atoms with Gasteiger partial charge in [-0.25, -0.2) is 0 Å². The quantitative estimate of drug-likeness (QED) is 0.849. The number of benzene rings is 1. The second kappa shape index (κ2) is 6.58. The number of halogens is 1. The molecule has 0 heterocycles. The van der Waals surface area contributed by atoms with Crippen LogP contribution in [0.15, 0.2) is 22.7 Å². The smallest absolute Gasteiger partial charge is 0.0702 e. The summed E-state index contributed by atoms with van der Waals surface area (Å²) in [5, 5.41) is 9.50. The zero-order valence-corrected chi connectivity index (χ0v) is 12.6. The van der Waals surface area contributed by atoms with Crippen LogP contribution in [0.5, 0.6) is 0 Å². The first-order valence-corrected chi connectivity index (χ1v) is 7.64. The van der Waals surface area contributed by atoms with Gasteiger partial charge in [-0.3, -0.25) is 0 Å². The lowest BCUT2D eigenvalue weighted by atomic mass is 10.1. The first-order chi connectivity index (χ1) is 8.72. The van der Waals surface area contributed by atoms with Gasteiger partial charge in [0.1, 0.15) is 0 Å². The lowest BCUT2D eigenvalue weighted by molar-refractivity contribution is 0.281. The van der Waals surface area contributed by atoms with Crippen molar-refractivity contribution in [3.8, 4) is 0 Å². The molecule has 100 valence electrons. The number of rotatable bonds is 3. The summed E-state index contributed by atoms with van der Waals surface area (Å²) in [6.45, 7) is 0.103. The molecule has 0 aromatic heterocycles. The molecule has 1 aromatic carbocycles. The Morgan fingerprint density at radius 2 is 1.89 bits per heavy atom. The summed E-state index contributed by atoms with van der Waals surface area (Å²) in [5.41, 5.74) is 2.18. The molecule has 1 aliphatic rings. The van der Waals surface area contributed by atoms with Gasteiger partial charge in [0.25, 0.3) is 0 Å². The van der Waals surface area contributed by atoms with E-state index in [9.17, 15) is 5.11 Å². The molecule has 0 bridgehead atoms. The Morgan fingerprint density at radius 3 is 2.50 bits per heavy atom. The Bertz CT molecular complexity index is 386. The molecular formula is C15H22BrNO. The van der Waals surface area contributed by atoms with Crippen LogP contribution in [0, 0.1) is 0 Å². The van der Waals surface area contributed by atoms with Crippen LogP contribution in [0.3, 0.4) is 0 Å². The van der Waals surface area contributed by atoms with Crippen molar-refractivity contribution in [2.24, 2.45) is 0 Å². The Morgan fingerprint density at radius 1 is 1.22 bits per heavy atom. The number of hydrogen-bond donors (Lipinski definition) is 1. The second-order valence-electron chi connectivity index (χ2n) is 5.19. The minimum absolute atomic E-state index is 0.103. The molecule has 1 aromatic rings. The van der Waals surface area contributed by atoms with Crippen molar-refractivity contribution >= 4 is 21.6 Å². The number of anilines is 1. The first kappa shape index (κ1) is 13.9. The van der Waals surface area contributed by atoms with E-state index in [2.05, 4.69) is 40.0 Å². The SMILES string of the molecule is CN(c1ccc(Br)cc1CO)C1CCCCCC1. The summed E-state index contributed by atoms with van der Waals surface area (Å²) in [4.78, 5) is 2.36. The van der Waals surface area contributed by atoms with E-state index >= 15 is 0 Å². The molecule has 1 saturated carbocycles. The molecule has 0 saturated heterocycles. The van der Waals surface area contributed by atoms with Crippen LogP contribution in [0.4, 0.5) is 5.69 Å². The molecule has 3 heteroatoms. The van der Waals surface area contributed by atoms with Crippen LogP contribution in [-0.2, 0) is 6.61 Å². The first-order valence-electron chi connectivity index (χ1n) is 6.84. The fourth-order valence-electron chi connectivity index (χ4n) is 2.87. The molecule has 0 radical (unpaired) electrons. The van der Waals surface area contributed by atoms with Crippen molar-refractivity contribution in [3.63, 3.8) is 0 Å². The van der Waals surface area contributed by atoms with Crippen LogP contribution in [-0.4, -0.2) is 18.2 Å². The van der Waals surface area contributed by atoms with Gasteiger partial charge in [0.05, 0.1) is 6.61 Å². The van der Waals surface area contributed by atoms with Crippen molar-refractivity contribution in [2.75, 3.05) is 11.9 Å². The fraction of sp³-hybridized carbons (Fsp3) is 0.600. The van der Waals surface area contributed by atoms with Crippen molar-refractivity contribution < 1.29 is 5.11 Å². The normalized spacial score (nSPS) is 17.5. The summed E-state index contributed by atoms with van der Waals surface area (Å²) in [6.07, 6.45) is 7.96. The minimum atomic E-state index is 0.103. The van der Waals surface area contributed by atoms with Crippen LogP contribution in [0.2, 0.25) is 0 Å². The van der Waals surface area contributed by atoms with Gasteiger partial charge in [0.15, 0.2) is 0 Å². The third-order valence-corrected chi connectivity index (χ3v) is 4.46. The van der Waals surface area contributed by atoms with E-state index in [1.54, 1.807) is 0 Å². The Labute approximate surface area is 118 Å². The monoisotopic (exact) mass is 311 g/mol. The van der Waals surface area contributed by atoms with Crippen LogP contribution >= 0.6 is 15.9 Å². The van der Waals surface area contributed by atoms with E-state index in [4.69, 9.17) is 0 Å². The Kier molecular flexibility index (Phi) is 5.07. The standard InChI is InChI=1S/C15H22BrNO/c1-17(14-6-4-2-3-5-7-14)15-9-8-13(16)10-12(15)11-18/h8-10,14,18H,2-7,11H2,1H3. The van der Waals surface area contributed by atoms with Gasteiger partial charge in [-0.15, -0.1) is 0 Å². The average molecular weight is 312 g/mol. The van der Waals surface area contributed by atoms with Crippen molar-refractivity contribution in [2.45, 2.75) is 51.2 Å². The molecular weight excluding hydrogens is 290 g/mol. The summed E-state index contributed by atoms with van der Waals surface area (Å²) in [5.74, 6) is 0. The topological polar surface area (TPSA) is 23.5 Å². The van der Waals surface area contributed by atoms with E-state index in [-0.39, 0.29) is 6.61 Å². The third-order valence-electron chi connectivity index (χ3n) is 3.96. The second-order valence-corrected chi connectivity index (χ2v) is 6.10. The minimum Gasteiger partial charge on any atom is -0.392 e. The Hall–Kier alpha value is -0.540. The highest BCUT2D eigenvalue weighted by atomic mass is 79.9. The van der Waals surface area contributed by atoms with E-state index in [1.165, 1.54) is 44.2 Å². The number of hydrogen-bond acceptors (Lipinski definition) is 2. The maximum atomic E-state index is 9.50. The van der Waals surface area contributed by atoms with E-state index in [0.717, 1.165) is 10.0 Å². The maximum Gasteiger partial charge on any atom is 0.0702 e. The third kappa shape index (κ3) is 3.27. The van der Waals surface area contributed by atoms with Crippen LogP contribution in [0.25, 0.3) is 0 Å². The highest BCUT2D eigenvalue weighted by Gasteiger charge is 2.19. The van der Waals surface area contributed by atoms with E-state index in [0.29, 0.717) is 6.04 Å². The van der Waals surface area contributed by atoms with Gasteiger partial charge in [-0.05, 0) is 31.0 Å². The highest BCUT2D eigenvalue weighted by molar-refractivity contribution is 9.10. The van der Waals surface area contributed by atoms with Gasteiger partial charge in [-0.1, -0.05) is 41.6 Å². The molecule has 2 rings (SSSR count). The molecule has 18 heavy (non-hydrogen) atoms. The molecule has 0 amide bonds. The predicted molar refractivity (Wildman–Crippen MR) is 80.0 cm³/mol. The predicted octanol–water partition coefficient (Wildman–Crippen LogP) is 4.10. The van der Waals surface area contributed by atoms with Crippen molar-refractivity contribution in [1.29, 1.82) is 0 Å². The number of aliphatic hydroxyl groups excluding tert-OH is 1. The molecule has 0 aliphatic heterocycles. The maximum absolute atomic E-state index is 9.50. The van der Waals surface area contributed by atoms with Crippen molar-refractivity contribution in [1.82, 2.24) is 0 Å².